The van der Waals surface area contributed by atoms with E-state index in [1.807, 2.05) is 36.4 Å². The van der Waals surface area contributed by atoms with E-state index in [2.05, 4.69) is 70.5 Å². The summed E-state index contributed by atoms with van der Waals surface area (Å²) in [5.74, 6) is 0.735. The molecule has 0 fully saturated rings. The van der Waals surface area contributed by atoms with Gasteiger partial charge in [0.1, 0.15) is 0 Å². The van der Waals surface area contributed by atoms with Crippen molar-refractivity contribution in [2.24, 2.45) is 0 Å². The van der Waals surface area contributed by atoms with E-state index >= 15 is 0 Å². The summed E-state index contributed by atoms with van der Waals surface area (Å²) in [5, 5.41) is 3.40. The third-order valence-corrected chi connectivity index (χ3v) is 5.21. The topological polar surface area (TPSA) is 25.8 Å². The van der Waals surface area contributed by atoms with Crippen LogP contribution in [0, 0.1) is 0 Å². The second kappa shape index (κ2) is 6.60. The summed E-state index contributed by atoms with van der Waals surface area (Å²) in [5.41, 5.74) is 4.03. The molecule has 5 rings (SSSR count). The van der Waals surface area contributed by atoms with Crippen molar-refractivity contribution in [2.45, 2.75) is 0 Å². The molecule has 0 bridgehead atoms. The first-order valence-electron chi connectivity index (χ1n) is 8.80. The van der Waals surface area contributed by atoms with E-state index in [-0.39, 0.29) is 0 Å². The Morgan fingerprint density at radius 2 is 1.37 bits per heavy atom. The number of benzene rings is 4. The Bertz CT molecular complexity index is 1280. The van der Waals surface area contributed by atoms with Crippen LogP contribution >= 0.6 is 15.9 Å². The molecule has 0 saturated carbocycles. The van der Waals surface area contributed by atoms with Gasteiger partial charge in [0.05, 0.1) is 11.2 Å². The fraction of sp³-hybridized carbons (Fsp3) is 0. The van der Waals surface area contributed by atoms with E-state index in [0.29, 0.717) is 0 Å². The van der Waals surface area contributed by atoms with E-state index < -0.39 is 0 Å². The van der Waals surface area contributed by atoms with Gasteiger partial charge in [-0.2, -0.15) is 0 Å². The maximum absolute atomic E-state index is 4.97. The highest BCUT2D eigenvalue weighted by Gasteiger charge is 2.13. The summed E-state index contributed by atoms with van der Waals surface area (Å²) >= 11 is 3.56. The summed E-state index contributed by atoms with van der Waals surface area (Å²) in [4.78, 5) is 9.93. The molecule has 0 atom stereocenters. The Hall–Kier alpha value is -3.04. The number of fused-ring (bicyclic) bond motifs is 3. The number of nitrogens with zero attached hydrogens (tertiary/aromatic N) is 2. The van der Waals surface area contributed by atoms with Crippen molar-refractivity contribution in [2.75, 3.05) is 0 Å². The number of rotatable bonds is 2. The molecule has 1 heterocycles. The second-order valence-electron chi connectivity index (χ2n) is 6.46. The van der Waals surface area contributed by atoms with Crippen molar-refractivity contribution < 1.29 is 0 Å². The molecule has 3 heteroatoms. The summed E-state index contributed by atoms with van der Waals surface area (Å²) < 4.78 is 1.02. The highest BCUT2D eigenvalue weighted by molar-refractivity contribution is 9.10. The van der Waals surface area contributed by atoms with Gasteiger partial charge in [-0.15, -0.1) is 0 Å². The van der Waals surface area contributed by atoms with Gasteiger partial charge in [-0.05, 0) is 23.6 Å². The molecular formula is C24H15BrN2. The van der Waals surface area contributed by atoms with Gasteiger partial charge in [0.2, 0.25) is 0 Å². The fourth-order valence-electron chi connectivity index (χ4n) is 3.44. The maximum atomic E-state index is 4.97. The molecule has 1 aromatic heterocycles. The smallest absolute Gasteiger partial charge is 0.160 e. The van der Waals surface area contributed by atoms with Crippen LogP contribution in [0.1, 0.15) is 0 Å². The molecule has 0 radical (unpaired) electrons. The van der Waals surface area contributed by atoms with Gasteiger partial charge in [0, 0.05) is 26.4 Å². The number of aromatic nitrogens is 2. The summed E-state index contributed by atoms with van der Waals surface area (Å²) in [6, 6.07) is 31.1. The van der Waals surface area contributed by atoms with Crippen LogP contribution in [0.15, 0.2) is 95.5 Å². The lowest BCUT2D eigenvalue weighted by molar-refractivity contribution is 1.23. The number of halogens is 1. The SMILES string of the molecule is Brc1cccc(-c2nc(-c3ccccc3)c3ccc4ccccc4c3n2)c1. The molecule has 0 aliphatic heterocycles. The minimum absolute atomic E-state index is 0.735. The van der Waals surface area contributed by atoms with Crippen LogP contribution < -0.4 is 0 Å². The zero-order valence-electron chi connectivity index (χ0n) is 14.4. The average Bonchev–Trinajstić information content (AvgIpc) is 2.73. The molecule has 0 saturated heterocycles. The van der Waals surface area contributed by atoms with Gasteiger partial charge in [-0.1, -0.05) is 88.7 Å². The number of hydrogen-bond acceptors (Lipinski definition) is 2. The molecule has 0 N–H and O–H groups in total. The Labute approximate surface area is 165 Å². The molecule has 27 heavy (non-hydrogen) atoms. The molecule has 0 unspecified atom stereocenters. The van der Waals surface area contributed by atoms with Crippen LogP contribution in [-0.2, 0) is 0 Å². The van der Waals surface area contributed by atoms with Crippen molar-refractivity contribution in [3.8, 4) is 22.6 Å². The van der Waals surface area contributed by atoms with Crippen molar-refractivity contribution in [3.05, 3.63) is 95.5 Å². The summed E-state index contributed by atoms with van der Waals surface area (Å²) in [6.07, 6.45) is 0. The monoisotopic (exact) mass is 410 g/mol. The molecule has 128 valence electrons. The van der Waals surface area contributed by atoms with Crippen molar-refractivity contribution in [3.63, 3.8) is 0 Å². The van der Waals surface area contributed by atoms with Crippen LogP contribution in [0.4, 0.5) is 0 Å². The van der Waals surface area contributed by atoms with Gasteiger partial charge in [0.15, 0.2) is 5.82 Å². The second-order valence-corrected chi connectivity index (χ2v) is 7.37. The molecular weight excluding hydrogens is 396 g/mol. The van der Waals surface area contributed by atoms with Crippen LogP contribution in [0.5, 0.6) is 0 Å². The molecule has 0 aliphatic rings. The van der Waals surface area contributed by atoms with Gasteiger partial charge in [0.25, 0.3) is 0 Å². The predicted molar refractivity (Wildman–Crippen MR) is 116 cm³/mol. The van der Waals surface area contributed by atoms with Gasteiger partial charge < -0.3 is 0 Å². The quantitative estimate of drug-likeness (QED) is 0.296. The van der Waals surface area contributed by atoms with E-state index in [1.54, 1.807) is 0 Å². The Balaban J connectivity index is 1.90. The summed E-state index contributed by atoms with van der Waals surface area (Å²) in [7, 11) is 0. The molecule has 5 aromatic rings. The lowest BCUT2D eigenvalue weighted by Gasteiger charge is -2.11. The van der Waals surface area contributed by atoms with Crippen LogP contribution in [0.2, 0.25) is 0 Å². The van der Waals surface area contributed by atoms with Gasteiger partial charge in [-0.3, -0.25) is 0 Å². The van der Waals surface area contributed by atoms with E-state index in [0.717, 1.165) is 43.4 Å². The zero-order valence-corrected chi connectivity index (χ0v) is 16.0. The Kier molecular flexibility index (Phi) is 3.95. The molecule has 0 spiro atoms. The first-order valence-corrected chi connectivity index (χ1v) is 9.60. The third kappa shape index (κ3) is 2.90. The molecule has 0 aliphatic carbocycles. The van der Waals surface area contributed by atoms with E-state index in [4.69, 9.17) is 9.97 Å². The van der Waals surface area contributed by atoms with E-state index in [1.165, 1.54) is 5.39 Å². The average molecular weight is 411 g/mol. The largest absolute Gasteiger partial charge is 0.227 e. The maximum Gasteiger partial charge on any atom is 0.160 e. The van der Waals surface area contributed by atoms with E-state index in [9.17, 15) is 0 Å². The fourth-order valence-corrected chi connectivity index (χ4v) is 3.84. The first-order chi connectivity index (χ1) is 13.3. The Morgan fingerprint density at radius 3 is 2.22 bits per heavy atom. The molecule has 4 aromatic carbocycles. The first kappa shape index (κ1) is 16.2. The summed E-state index contributed by atoms with van der Waals surface area (Å²) in [6.45, 7) is 0. The van der Waals surface area contributed by atoms with Crippen LogP contribution in [0.25, 0.3) is 44.3 Å². The normalized spacial score (nSPS) is 11.1. The van der Waals surface area contributed by atoms with Gasteiger partial charge >= 0.3 is 0 Å². The molecule has 2 nitrogen and oxygen atoms in total. The molecule has 0 amide bonds. The Morgan fingerprint density at radius 1 is 0.593 bits per heavy atom. The van der Waals surface area contributed by atoms with Crippen LogP contribution in [0.3, 0.4) is 0 Å². The minimum atomic E-state index is 0.735. The zero-order chi connectivity index (χ0) is 18.2. The minimum Gasteiger partial charge on any atom is -0.227 e. The van der Waals surface area contributed by atoms with Crippen molar-refractivity contribution in [1.82, 2.24) is 9.97 Å². The van der Waals surface area contributed by atoms with Gasteiger partial charge in [-0.25, -0.2) is 9.97 Å². The third-order valence-electron chi connectivity index (χ3n) is 4.72. The van der Waals surface area contributed by atoms with Crippen LogP contribution in [-0.4, -0.2) is 9.97 Å². The number of hydrogen-bond donors (Lipinski definition) is 0. The lowest BCUT2D eigenvalue weighted by Crippen LogP contribution is -1.96. The highest BCUT2D eigenvalue weighted by atomic mass is 79.9. The van der Waals surface area contributed by atoms with Crippen molar-refractivity contribution in [1.29, 1.82) is 0 Å². The predicted octanol–water partition coefficient (Wildman–Crippen LogP) is 6.88. The standard InChI is InChI=1S/C24H15BrN2/c25-19-11-6-10-18(15-19)24-26-22(17-8-2-1-3-9-17)21-14-13-16-7-4-5-12-20(16)23(21)27-24/h1-15H. The lowest BCUT2D eigenvalue weighted by atomic mass is 10.0. The van der Waals surface area contributed by atoms with Crippen molar-refractivity contribution >= 4 is 37.6 Å². The highest BCUT2D eigenvalue weighted by Crippen LogP contribution is 2.33.